The molecule has 33 heavy (non-hydrogen) atoms. The quantitative estimate of drug-likeness (QED) is 0.271. The van der Waals surface area contributed by atoms with Gasteiger partial charge in [-0.05, 0) is 36.6 Å². The third kappa shape index (κ3) is 3.50. The Morgan fingerprint density at radius 3 is 2.52 bits per heavy atom. The van der Waals surface area contributed by atoms with E-state index in [1.807, 2.05) is 24.3 Å². The number of halogens is 1. The van der Waals surface area contributed by atoms with Gasteiger partial charge in [0.2, 0.25) is 0 Å². The summed E-state index contributed by atoms with van der Waals surface area (Å²) in [6.45, 7) is 4.71. The second kappa shape index (κ2) is 7.93. The van der Waals surface area contributed by atoms with Gasteiger partial charge in [-0.25, -0.2) is 15.0 Å². The summed E-state index contributed by atoms with van der Waals surface area (Å²) >= 11 is 6.03. The van der Waals surface area contributed by atoms with Gasteiger partial charge in [-0.15, -0.1) is 0 Å². The molecule has 0 aliphatic carbocycles. The molecular formula is C23H19ClN6O3. The zero-order chi connectivity index (χ0) is 23.3. The first kappa shape index (κ1) is 21.0. The van der Waals surface area contributed by atoms with E-state index in [0.29, 0.717) is 51.4 Å². The van der Waals surface area contributed by atoms with Crippen LogP contribution in [0.4, 0.5) is 5.69 Å². The zero-order valence-electron chi connectivity index (χ0n) is 17.9. The highest BCUT2D eigenvalue weighted by molar-refractivity contribution is 6.32. The summed E-state index contributed by atoms with van der Waals surface area (Å²) in [5, 5.41) is 11.8. The van der Waals surface area contributed by atoms with Crippen molar-refractivity contribution >= 4 is 50.5 Å². The van der Waals surface area contributed by atoms with E-state index in [-0.39, 0.29) is 16.3 Å². The molecule has 0 aliphatic heterocycles. The molecule has 10 heteroatoms. The molecule has 0 radical (unpaired) electrons. The van der Waals surface area contributed by atoms with Crippen LogP contribution in [0.2, 0.25) is 5.02 Å². The van der Waals surface area contributed by atoms with Crippen LogP contribution >= 0.6 is 11.6 Å². The van der Waals surface area contributed by atoms with Crippen LogP contribution in [0.5, 0.6) is 0 Å². The van der Waals surface area contributed by atoms with E-state index in [9.17, 15) is 14.9 Å². The van der Waals surface area contributed by atoms with Crippen LogP contribution in [0.25, 0.3) is 38.9 Å². The Hall–Kier alpha value is -3.85. The van der Waals surface area contributed by atoms with Gasteiger partial charge in [-0.2, -0.15) is 0 Å². The number of aromatic nitrogens is 5. The van der Waals surface area contributed by atoms with Crippen molar-refractivity contribution in [3.05, 3.63) is 74.3 Å². The van der Waals surface area contributed by atoms with Gasteiger partial charge < -0.3 is 0 Å². The number of nitro groups is 1. The summed E-state index contributed by atoms with van der Waals surface area (Å²) in [4.78, 5) is 38.4. The summed E-state index contributed by atoms with van der Waals surface area (Å²) in [5.74, 6) is 0.423. The van der Waals surface area contributed by atoms with Crippen molar-refractivity contribution in [1.29, 1.82) is 0 Å². The topological polar surface area (TPSA) is 109 Å². The van der Waals surface area contributed by atoms with Crippen molar-refractivity contribution in [2.24, 2.45) is 5.92 Å². The Bertz CT molecular complexity index is 1620. The average Bonchev–Trinajstić information content (AvgIpc) is 3.11. The second-order valence-electron chi connectivity index (χ2n) is 8.24. The van der Waals surface area contributed by atoms with Crippen LogP contribution < -0.4 is 5.56 Å². The Kier molecular flexibility index (Phi) is 5.05. The van der Waals surface area contributed by atoms with E-state index in [1.165, 1.54) is 18.5 Å². The Morgan fingerprint density at radius 2 is 1.82 bits per heavy atom. The molecule has 0 spiro atoms. The van der Waals surface area contributed by atoms with Crippen molar-refractivity contribution in [2.75, 3.05) is 0 Å². The number of nitro benzene ring substituents is 1. The highest BCUT2D eigenvalue weighted by Gasteiger charge is 2.23. The molecule has 0 saturated carbocycles. The average molecular weight is 463 g/mol. The minimum Gasteiger partial charge on any atom is -0.299 e. The van der Waals surface area contributed by atoms with Gasteiger partial charge in [0.15, 0.2) is 11.3 Å². The first-order valence-corrected chi connectivity index (χ1v) is 10.8. The fourth-order valence-corrected chi connectivity index (χ4v) is 4.04. The molecule has 0 fully saturated rings. The van der Waals surface area contributed by atoms with Crippen molar-refractivity contribution in [3.63, 3.8) is 0 Å². The molecule has 0 N–H and O–H groups in total. The number of para-hydroxylation sites is 2. The Balaban J connectivity index is 1.89. The number of benzene rings is 2. The number of aryl methyl sites for hydroxylation is 1. The van der Waals surface area contributed by atoms with Crippen molar-refractivity contribution < 1.29 is 4.92 Å². The molecule has 9 nitrogen and oxygen atoms in total. The van der Waals surface area contributed by atoms with E-state index in [2.05, 4.69) is 18.8 Å². The summed E-state index contributed by atoms with van der Waals surface area (Å²) in [6, 6.07) is 11.8. The first-order valence-electron chi connectivity index (χ1n) is 10.5. The minimum atomic E-state index is -0.548. The van der Waals surface area contributed by atoms with Crippen LogP contribution in [0.15, 0.2) is 53.6 Å². The summed E-state index contributed by atoms with van der Waals surface area (Å²) in [5.41, 5.74) is 2.36. The Labute approximate surface area is 192 Å². The molecule has 0 saturated heterocycles. The Morgan fingerprint density at radius 1 is 1.09 bits per heavy atom. The van der Waals surface area contributed by atoms with E-state index >= 15 is 0 Å². The van der Waals surface area contributed by atoms with Crippen LogP contribution in [-0.4, -0.2) is 29.0 Å². The predicted molar refractivity (Wildman–Crippen MR) is 127 cm³/mol. The molecule has 0 bridgehead atoms. The number of hydrogen-bond acceptors (Lipinski definition) is 6. The highest BCUT2D eigenvalue weighted by Crippen LogP contribution is 2.32. The van der Waals surface area contributed by atoms with Gasteiger partial charge in [-0.1, -0.05) is 37.6 Å². The van der Waals surface area contributed by atoms with E-state index in [4.69, 9.17) is 21.6 Å². The smallest absolute Gasteiger partial charge is 0.289 e. The predicted octanol–water partition coefficient (Wildman–Crippen LogP) is 4.89. The van der Waals surface area contributed by atoms with Gasteiger partial charge in [0.05, 0.1) is 28.0 Å². The van der Waals surface area contributed by atoms with E-state index in [0.717, 1.165) is 6.42 Å². The molecule has 0 atom stereocenters. The fourth-order valence-electron chi connectivity index (χ4n) is 3.85. The standard InChI is InChI=1S/C23H19ClN6O3/c1-13(2)9-10-28-12-25-21-19(23(28)31)20-22(27-17-6-4-3-5-16(17)26-20)29(21)14-7-8-15(24)18(11-14)30(32)33/h3-8,11-13H,9-10H2,1-2H3. The SMILES string of the molecule is CC(C)CCn1cnc2c(c1=O)c1nc3ccccc3nc1n2-c1ccc(Cl)c([N+](=O)[O-])c1. The highest BCUT2D eigenvalue weighted by atomic mass is 35.5. The normalized spacial score (nSPS) is 11.8. The molecule has 0 aliphatic rings. The molecule has 2 aromatic carbocycles. The van der Waals surface area contributed by atoms with Crippen molar-refractivity contribution in [2.45, 2.75) is 26.8 Å². The monoisotopic (exact) mass is 462 g/mol. The number of fused-ring (bicyclic) bond motifs is 4. The molecule has 166 valence electrons. The lowest BCUT2D eigenvalue weighted by atomic mass is 10.1. The minimum absolute atomic E-state index is 0.0186. The van der Waals surface area contributed by atoms with E-state index < -0.39 is 4.92 Å². The number of rotatable bonds is 5. The van der Waals surface area contributed by atoms with Gasteiger partial charge >= 0.3 is 0 Å². The van der Waals surface area contributed by atoms with Crippen LogP contribution in [0.3, 0.4) is 0 Å². The molecule has 3 aromatic heterocycles. The maximum absolute atomic E-state index is 13.5. The van der Waals surface area contributed by atoms with Gasteiger partial charge in [0, 0.05) is 12.6 Å². The van der Waals surface area contributed by atoms with Gasteiger partial charge in [0.25, 0.3) is 11.2 Å². The summed E-state index contributed by atoms with van der Waals surface area (Å²) < 4.78 is 3.20. The molecular weight excluding hydrogens is 444 g/mol. The third-order valence-corrected chi connectivity index (χ3v) is 5.88. The van der Waals surface area contributed by atoms with Crippen LogP contribution in [0.1, 0.15) is 20.3 Å². The van der Waals surface area contributed by atoms with Crippen molar-refractivity contribution in [1.82, 2.24) is 24.1 Å². The van der Waals surface area contributed by atoms with Gasteiger partial charge in [-0.3, -0.25) is 24.0 Å². The lowest BCUT2D eigenvalue weighted by Gasteiger charge is -2.09. The lowest BCUT2D eigenvalue weighted by molar-refractivity contribution is -0.384. The molecule has 5 aromatic rings. The molecule has 0 amide bonds. The third-order valence-electron chi connectivity index (χ3n) is 5.56. The molecule has 5 rings (SSSR count). The molecule has 3 heterocycles. The van der Waals surface area contributed by atoms with Gasteiger partial charge in [0.1, 0.15) is 15.9 Å². The number of nitrogens with zero attached hydrogens (tertiary/aromatic N) is 6. The largest absolute Gasteiger partial charge is 0.299 e. The first-order chi connectivity index (χ1) is 15.8. The molecule has 0 unspecified atom stereocenters. The second-order valence-corrected chi connectivity index (χ2v) is 8.64. The maximum Gasteiger partial charge on any atom is 0.289 e. The lowest BCUT2D eigenvalue weighted by Crippen LogP contribution is -2.21. The van der Waals surface area contributed by atoms with Crippen LogP contribution in [-0.2, 0) is 6.54 Å². The maximum atomic E-state index is 13.5. The van der Waals surface area contributed by atoms with Crippen molar-refractivity contribution in [3.8, 4) is 5.69 Å². The summed E-state index contributed by atoms with van der Waals surface area (Å²) in [6.07, 6.45) is 2.33. The summed E-state index contributed by atoms with van der Waals surface area (Å²) in [7, 11) is 0. The fraction of sp³-hybridized carbons (Fsp3) is 0.217. The van der Waals surface area contributed by atoms with E-state index in [1.54, 1.807) is 15.2 Å². The number of hydrogen-bond donors (Lipinski definition) is 0. The van der Waals surface area contributed by atoms with Crippen LogP contribution in [0, 0.1) is 16.0 Å². The zero-order valence-corrected chi connectivity index (χ0v) is 18.7.